The van der Waals surface area contributed by atoms with Crippen LogP contribution in [0.2, 0.25) is 19.6 Å². The molecule has 64 valence electrons. The molecule has 0 aromatic rings. The van der Waals surface area contributed by atoms with Crippen LogP contribution in [0.4, 0.5) is 0 Å². The van der Waals surface area contributed by atoms with Crippen molar-refractivity contribution in [3.05, 3.63) is 22.9 Å². The molecule has 0 spiro atoms. The van der Waals surface area contributed by atoms with E-state index in [1.165, 1.54) is 11.1 Å². The van der Waals surface area contributed by atoms with E-state index < -0.39 is 8.07 Å². The van der Waals surface area contributed by atoms with Gasteiger partial charge in [-0.25, -0.2) is 11.6 Å². The molecule has 0 heterocycles. The minimum atomic E-state index is -1.12. The molecule has 0 fully saturated rings. The van der Waals surface area contributed by atoms with Crippen LogP contribution in [0.3, 0.4) is 0 Å². The number of hydrogen-bond acceptors (Lipinski definition) is 0. The fourth-order valence-electron chi connectivity index (χ4n) is 1.06. The topological polar surface area (TPSA) is 0 Å². The molecule has 0 nitrogen and oxygen atoms in total. The first kappa shape index (κ1) is 14.8. The molecule has 0 radical (unpaired) electrons. The first-order valence-electron chi connectivity index (χ1n) is 4.08. The summed E-state index contributed by atoms with van der Waals surface area (Å²) >= 11 is 0. The molecule has 0 N–H and O–H groups in total. The smallest absolute Gasteiger partial charge is 0.276 e. The van der Waals surface area contributed by atoms with Crippen LogP contribution in [-0.2, 0) is 0 Å². The van der Waals surface area contributed by atoms with E-state index in [0.717, 1.165) is 0 Å². The summed E-state index contributed by atoms with van der Waals surface area (Å²) < 4.78 is 0. The van der Waals surface area contributed by atoms with Crippen molar-refractivity contribution in [2.24, 2.45) is 0 Å². The molecule has 0 aliphatic rings. The molecule has 0 aromatic carbocycles. The van der Waals surface area contributed by atoms with Crippen LogP contribution in [-0.4, -0.2) is 8.07 Å². The molecule has 0 bridgehead atoms. The zero-order valence-corrected chi connectivity index (χ0v) is 10.6. The van der Waals surface area contributed by atoms with Crippen molar-refractivity contribution in [2.45, 2.75) is 40.4 Å². The molecule has 0 saturated heterocycles. The summed E-state index contributed by atoms with van der Waals surface area (Å²) in [5, 5.41) is 0. The maximum Gasteiger partial charge on any atom is 1.00 e. The Hall–Kier alpha value is 0.294. The van der Waals surface area contributed by atoms with E-state index in [1.807, 2.05) is 0 Å². The van der Waals surface area contributed by atoms with E-state index in [0.29, 0.717) is 0 Å². The zero-order valence-electron chi connectivity index (χ0n) is 9.58. The fourth-order valence-corrected chi connectivity index (χ4v) is 2.32. The second-order valence-corrected chi connectivity index (χ2v) is 9.03. The Morgan fingerprint density at radius 3 is 1.75 bits per heavy atom. The normalized spacial score (nSPS) is 12.0. The third-order valence-corrected chi connectivity index (χ3v) is 2.22. The Balaban J connectivity index is 0. The first-order valence-corrected chi connectivity index (χ1v) is 7.58. The van der Waals surface area contributed by atoms with Crippen LogP contribution in [0.25, 0.3) is 0 Å². The summed E-state index contributed by atoms with van der Waals surface area (Å²) in [5.74, 6) is 0. The second kappa shape index (κ2) is 5.86. The van der Waals surface area contributed by atoms with Gasteiger partial charge in [-0.15, -0.1) is 0 Å². The molecule has 12 heavy (non-hydrogen) atoms. The van der Waals surface area contributed by atoms with Crippen LogP contribution in [0.5, 0.6) is 0 Å². The average molecular weight is 174 g/mol. The Morgan fingerprint density at radius 1 is 1.08 bits per heavy atom. The Labute approximate surface area is 90.3 Å². The molecular formula is C10H19LiSi. The standard InChI is InChI=1S/C10H19Si.Li/c1-9(2)7-10(3)8-11(4,5)6;/h7H,1-6H3;/q-1;+1. The zero-order chi connectivity index (χ0) is 9.07. The van der Waals surface area contributed by atoms with Gasteiger partial charge in [0, 0.05) is 0 Å². The summed E-state index contributed by atoms with van der Waals surface area (Å²) in [6.45, 7) is 13.3. The van der Waals surface area contributed by atoms with E-state index in [4.69, 9.17) is 0 Å². The van der Waals surface area contributed by atoms with Gasteiger partial charge in [-0.1, -0.05) is 40.4 Å². The Kier molecular flexibility index (Phi) is 7.22. The van der Waals surface area contributed by atoms with Gasteiger partial charge < -0.3 is 0 Å². The largest absolute Gasteiger partial charge is 1.00 e. The number of rotatable bonds is 2. The monoisotopic (exact) mass is 174 g/mol. The molecule has 0 atom stereocenters. The second-order valence-electron chi connectivity index (χ2n) is 4.28. The fraction of sp³-hybridized carbons (Fsp3) is 0.600. The van der Waals surface area contributed by atoms with Crippen molar-refractivity contribution in [1.82, 2.24) is 0 Å². The van der Waals surface area contributed by atoms with Crippen molar-refractivity contribution in [3.8, 4) is 0 Å². The van der Waals surface area contributed by atoms with Crippen molar-refractivity contribution in [2.75, 3.05) is 0 Å². The summed E-state index contributed by atoms with van der Waals surface area (Å²) in [6, 6.07) is 0. The molecule has 0 amide bonds. The molecule has 0 aliphatic heterocycles. The Morgan fingerprint density at radius 2 is 1.50 bits per heavy atom. The first-order chi connectivity index (χ1) is 4.81. The average Bonchev–Trinajstić information content (AvgIpc) is 1.53. The summed E-state index contributed by atoms with van der Waals surface area (Å²) in [6.07, 6.45) is 2.19. The van der Waals surface area contributed by atoms with Gasteiger partial charge in [-0.2, -0.15) is 5.57 Å². The van der Waals surface area contributed by atoms with Gasteiger partial charge in [-0.05, 0) is 8.07 Å². The maximum absolute atomic E-state index is 3.53. The van der Waals surface area contributed by atoms with E-state index in [9.17, 15) is 0 Å². The van der Waals surface area contributed by atoms with Crippen LogP contribution in [0.1, 0.15) is 20.8 Å². The molecule has 0 rings (SSSR count). The number of hydrogen-bond donors (Lipinski definition) is 0. The van der Waals surface area contributed by atoms with Gasteiger partial charge in [0.05, 0.1) is 0 Å². The third-order valence-electron chi connectivity index (χ3n) is 1.08. The maximum atomic E-state index is 3.53. The van der Waals surface area contributed by atoms with Gasteiger partial charge in [0.25, 0.3) is 0 Å². The quantitative estimate of drug-likeness (QED) is 0.326. The number of allylic oxidation sites excluding steroid dienone is 3. The van der Waals surface area contributed by atoms with Gasteiger partial charge in [0.1, 0.15) is 0 Å². The molecule has 0 saturated carbocycles. The molecular weight excluding hydrogens is 155 g/mol. The van der Waals surface area contributed by atoms with Crippen LogP contribution in [0, 0.1) is 5.70 Å². The minimum Gasteiger partial charge on any atom is -0.276 e. The molecule has 0 unspecified atom stereocenters. The van der Waals surface area contributed by atoms with Gasteiger partial charge in [0.15, 0.2) is 0 Å². The molecule has 0 aliphatic carbocycles. The predicted octanol–water partition coefficient (Wildman–Crippen LogP) is 0.583. The van der Waals surface area contributed by atoms with Crippen LogP contribution < -0.4 is 18.9 Å². The van der Waals surface area contributed by atoms with Crippen molar-refractivity contribution in [1.29, 1.82) is 0 Å². The summed E-state index contributed by atoms with van der Waals surface area (Å²) in [7, 11) is -1.12. The van der Waals surface area contributed by atoms with E-state index in [2.05, 4.69) is 52.2 Å². The van der Waals surface area contributed by atoms with Crippen molar-refractivity contribution < 1.29 is 18.9 Å². The SMILES string of the molecule is CC(=[C-][Si](C)(C)C)C=C(C)C.[Li+]. The summed E-state index contributed by atoms with van der Waals surface area (Å²) in [4.78, 5) is 0. The van der Waals surface area contributed by atoms with E-state index >= 15 is 0 Å². The predicted molar refractivity (Wildman–Crippen MR) is 55.2 cm³/mol. The molecule has 0 aromatic heterocycles. The third kappa shape index (κ3) is 10.3. The summed E-state index contributed by atoms with van der Waals surface area (Å²) in [5.41, 5.74) is 6.18. The van der Waals surface area contributed by atoms with Gasteiger partial charge >= 0.3 is 18.9 Å². The molecule has 2 heteroatoms. The van der Waals surface area contributed by atoms with E-state index in [-0.39, 0.29) is 18.9 Å². The van der Waals surface area contributed by atoms with Gasteiger partial charge in [-0.3, -0.25) is 5.70 Å². The minimum absolute atomic E-state index is 0. The Bertz CT molecular complexity index is 181. The van der Waals surface area contributed by atoms with Crippen LogP contribution in [0.15, 0.2) is 17.2 Å². The van der Waals surface area contributed by atoms with Crippen molar-refractivity contribution in [3.63, 3.8) is 0 Å². The van der Waals surface area contributed by atoms with Gasteiger partial charge in [0.2, 0.25) is 0 Å². The van der Waals surface area contributed by atoms with Crippen LogP contribution >= 0.6 is 0 Å². The van der Waals surface area contributed by atoms with E-state index in [1.54, 1.807) is 0 Å². The van der Waals surface area contributed by atoms with Crippen molar-refractivity contribution >= 4 is 8.07 Å².